The Labute approximate surface area is 138 Å². The maximum Gasteiger partial charge on any atom is 0.266 e. The maximum atomic E-state index is 12.2. The Morgan fingerprint density at radius 2 is 2.00 bits per heavy atom. The summed E-state index contributed by atoms with van der Waals surface area (Å²) in [6.45, 7) is 0. The molecule has 0 aliphatic heterocycles. The third-order valence-corrected chi connectivity index (χ3v) is 3.27. The van der Waals surface area contributed by atoms with E-state index in [2.05, 4.69) is 5.32 Å². The quantitative estimate of drug-likeness (QED) is 0.663. The van der Waals surface area contributed by atoms with Gasteiger partial charge in [0.1, 0.15) is 11.6 Å². The second kappa shape index (κ2) is 7.34. The van der Waals surface area contributed by atoms with E-state index in [-0.39, 0.29) is 17.1 Å². The topological polar surface area (TPSA) is 82.3 Å². The summed E-state index contributed by atoms with van der Waals surface area (Å²) in [5, 5.41) is 22.3. The van der Waals surface area contributed by atoms with E-state index in [0.717, 1.165) is 0 Å². The van der Waals surface area contributed by atoms with E-state index in [1.54, 1.807) is 42.5 Å². The maximum absolute atomic E-state index is 12.2. The molecular weight excluding hydrogens is 316 g/mol. The van der Waals surface area contributed by atoms with E-state index in [0.29, 0.717) is 16.3 Å². The summed E-state index contributed by atoms with van der Waals surface area (Å²) in [5.41, 5.74) is 0.672. The molecule has 1 amide bonds. The molecule has 0 bridgehead atoms. The fourth-order valence-corrected chi connectivity index (χ4v) is 1.98. The predicted molar refractivity (Wildman–Crippen MR) is 88.3 cm³/mol. The molecule has 0 saturated heterocycles. The number of benzene rings is 2. The Kier molecular flexibility index (Phi) is 5.23. The molecule has 116 valence electrons. The number of aromatic hydroxyl groups is 1. The number of rotatable bonds is 4. The highest BCUT2D eigenvalue weighted by Gasteiger charge is 2.12. The van der Waals surface area contributed by atoms with Crippen LogP contribution in [0.2, 0.25) is 5.02 Å². The summed E-state index contributed by atoms with van der Waals surface area (Å²) in [4.78, 5) is 12.2. The number of phenols is 1. The highest BCUT2D eigenvalue weighted by Crippen LogP contribution is 2.31. The molecule has 0 fully saturated rings. The van der Waals surface area contributed by atoms with Gasteiger partial charge < -0.3 is 15.2 Å². The highest BCUT2D eigenvalue weighted by atomic mass is 35.5. The zero-order valence-electron chi connectivity index (χ0n) is 12.2. The first-order valence-corrected chi connectivity index (χ1v) is 6.97. The van der Waals surface area contributed by atoms with Crippen molar-refractivity contribution in [2.24, 2.45) is 0 Å². The third-order valence-electron chi connectivity index (χ3n) is 3.02. The largest absolute Gasteiger partial charge is 0.504 e. The normalized spacial score (nSPS) is 10.7. The fourth-order valence-electron chi connectivity index (χ4n) is 1.86. The van der Waals surface area contributed by atoms with E-state index < -0.39 is 5.91 Å². The van der Waals surface area contributed by atoms with Gasteiger partial charge in [0.15, 0.2) is 11.5 Å². The Bertz CT molecular complexity index is 792. The summed E-state index contributed by atoms with van der Waals surface area (Å²) in [7, 11) is 1.42. The van der Waals surface area contributed by atoms with Crippen molar-refractivity contribution in [2.45, 2.75) is 0 Å². The van der Waals surface area contributed by atoms with Gasteiger partial charge in [0.05, 0.1) is 7.11 Å². The van der Waals surface area contributed by atoms with E-state index in [1.165, 1.54) is 13.2 Å². The number of para-hydroxylation sites is 1. The fraction of sp³-hybridized carbons (Fsp3) is 0.0588. The zero-order chi connectivity index (χ0) is 16.8. The summed E-state index contributed by atoms with van der Waals surface area (Å²) >= 11 is 5.78. The van der Waals surface area contributed by atoms with Gasteiger partial charge in [0.25, 0.3) is 5.91 Å². The Morgan fingerprint density at radius 1 is 1.30 bits per heavy atom. The lowest BCUT2D eigenvalue weighted by atomic mass is 10.1. The summed E-state index contributed by atoms with van der Waals surface area (Å²) < 4.78 is 4.99. The zero-order valence-corrected chi connectivity index (χ0v) is 13.0. The minimum Gasteiger partial charge on any atom is -0.504 e. The van der Waals surface area contributed by atoms with E-state index in [4.69, 9.17) is 16.3 Å². The molecule has 0 unspecified atom stereocenters. The van der Waals surface area contributed by atoms with Crippen LogP contribution < -0.4 is 10.1 Å². The number of halogens is 1. The number of ether oxygens (including phenoxy) is 1. The molecule has 2 aromatic rings. The number of hydrogen-bond acceptors (Lipinski definition) is 4. The van der Waals surface area contributed by atoms with Crippen molar-refractivity contribution in [3.8, 4) is 17.6 Å². The molecule has 0 heterocycles. The van der Waals surface area contributed by atoms with Crippen LogP contribution in [-0.4, -0.2) is 18.1 Å². The van der Waals surface area contributed by atoms with Crippen LogP contribution in [0.15, 0.2) is 48.0 Å². The molecule has 6 heteroatoms. The predicted octanol–water partition coefficient (Wildman–Crippen LogP) is 3.60. The van der Waals surface area contributed by atoms with Crippen molar-refractivity contribution in [3.05, 3.63) is 58.6 Å². The van der Waals surface area contributed by atoms with Crippen LogP contribution in [0, 0.1) is 11.3 Å². The van der Waals surface area contributed by atoms with Gasteiger partial charge in [-0.1, -0.05) is 23.7 Å². The van der Waals surface area contributed by atoms with Crippen LogP contribution >= 0.6 is 11.6 Å². The molecule has 0 spiro atoms. The van der Waals surface area contributed by atoms with Gasteiger partial charge in [-0.05, 0) is 36.4 Å². The van der Waals surface area contributed by atoms with Crippen LogP contribution in [0.4, 0.5) is 5.69 Å². The number of nitrogens with zero attached hydrogens (tertiary/aromatic N) is 1. The number of anilines is 1. The lowest BCUT2D eigenvalue weighted by molar-refractivity contribution is -0.112. The number of nitriles is 1. The number of nitrogens with one attached hydrogen (secondary N) is 1. The number of hydrogen-bond donors (Lipinski definition) is 2. The van der Waals surface area contributed by atoms with Gasteiger partial charge in [-0.25, -0.2) is 0 Å². The second-order valence-electron chi connectivity index (χ2n) is 4.53. The first-order valence-electron chi connectivity index (χ1n) is 6.60. The minimum atomic E-state index is -0.586. The second-order valence-corrected chi connectivity index (χ2v) is 4.97. The van der Waals surface area contributed by atoms with E-state index >= 15 is 0 Å². The van der Waals surface area contributed by atoms with Crippen LogP contribution in [-0.2, 0) is 4.79 Å². The van der Waals surface area contributed by atoms with Crippen molar-refractivity contribution in [2.75, 3.05) is 12.4 Å². The first kappa shape index (κ1) is 16.4. The van der Waals surface area contributed by atoms with Gasteiger partial charge in [0, 0.05) is 16.3 Å². The first-order chi connectivity index (χ1) is 11.0. The smallest absolute Gasteiger partial charge is 0.266 e. The molecule has 0 aromatic heterocycles. The number of carbonyl (C=O) groups excluding carboxylic acids is 1. The molecular formula is C17H13ClN2O3. The van der Waals surface area contributed by atoms with Gasteiger partial charge in [0.2, 0.25) is 0 Å². The van der Waals surface area contributed by atoms with Crippen molar-refractivity contribution in [3.63, 3.8) is 0 Å². The molecule has 0 atom stereocenters. The monoisotopic (exact) mass is 328 g/mol. The molecule has 0 saturated carbocycles. The molecule has 5 nitrogen and oxygen atoms in total. The third kappa shape index (κ3) is 4.02. The molecule has 23 heavy (non-hydrogen) atoms. The van der Waals surface area contributed by atoms with E-state index in [9.17, 15) is 15.2 Å². The Hall–Kier alpha value is -2.97. The van der Waals surface area contributed by atoms with Gasteiger partial charge in [-0.15, -0.1) is 0 Å². The number of carbonyl (C=O) groups is 1. The van der Waals surface area contributed by atoms with Crippen molar-refractivity contribution >= 4 is 29.3 Å². The molecule has 0 aliphatic rings. The molecule has 2 N–H and O–H groups in total. The average Bonchev–Trinajstić information content (AvgIpc) is 2.56. The Balaban J connectivity index is 2.27. The lowest BCUT2D eigenvalue weighted by Crippen LogP contribution is -2.13. The van der Waals surface area contributed by atoms with Gasteiger partial charge in [-0.3, -0.25) is 4.79 Å². The number of phenolic OH excluding ortho intramolecular Hbond substituents is 1. The van der Waals surface area contributed by atoms with E-state index in [1.807, 2.05) is 6.07 Å². The van der Waals surface area contributed by atoms with Gasteiger partial charge in [-0.2, -0.15) is 5.26 Å². The number of amides is 1. The number of methoxy groups -OCH3 is 1. The van der Waals surface area contributed by atoms with Crippen LogP contribution in [0.25, 0.3) is 6.08 Å². The van der Waals surface area contributed by atoms with Crippen molar-refractivity contribution in [1.82, 2.24) is 0 Å². The highest BCUT2D eigenvalue weighted by molar-refractivity contribution is 6.30. The summed E-state index contributed by atoms with van der Waals surface area (Å²) in [6, 6.07) is 13.1. The SMILES string of the molecule is COc1cccc(C=C(C#N)C(=O)Nc2ccc(Cl)cc2)c1O. The minimum absolute atomic E-state index is 0.137. The average molecular weight is 329 g/mol. The van der Waals surface area contributed by atoms with Crippen LogP contribution in [0.3, 0.4) is 0 Å². The molecule has 0 radical (unpaired) electrons. The molecule has 0 aliphatic carbocycles. The van der Waals surface area contributed by atoms with Crippen LogP contribution in [0.5, 0.6) is 11.5 Å². The molecule has 2 rings (SSSR count). The Morgan fingerprint density at radius 3 is 2.61 bits per heavy atom. The summed E-state index contributed by atoms with van der Waals surface area (Å²) in [6.07, 6.45) is 1.29. The van der Waals surface area contributed by atoms with Crippen LogP contribution in [0.1, 0.15) is 5.56 Å². The standard InChI is InChI=1S/C17H13ClN2O3/c1-23-15-4-2-3-11(16(15)21)9-12(10-19)17(22)20-14-7-5-13(18)6-8-14/h2-9,21H,1H3,(H,20,22). The van der Waals surface area contributed by atoms with Crippen molar-refractivity contribution < 1.29 is 14.6 Å². The summed E-state index contributed by atoms with van der Waals surface area (Å²) in [5.74, 6) is -0.465. The lowest BCUT2D eigenvalue weighted by Gasteiger charge is -2.07. The van der Waals surface area contributed by atoms with Crippen molar-refractivity contribution in [1.29, 1.82) is 5.26 Å². The van der Waals surface area contributed by atoms with Gasteiger partial charge >= 0.3 is 0 Å². The molecule has 2 aromatic carbocycles.